The lowest BCUT2D eigenvalue weighted by atomic mass is 10.1. The van der Waals surface area contributed by atoms with Crippen LogP contribution in [0.15, 0.2) is 12.4 Å². The highest BCUT2D eigenvalue weighted by Crippen LogP contribution is 2.34. The van der Waals surface area contributed by atoms with Crippen LogP contribution in [0.3, 0.4) is 0 Å². The van der Waals surface area contributed by atoms with Gasteiger partial charge in [-0.3, -0.25) is 9.78 Å². The quantitative estimate of drug-likeness (QED) is 0.507. The first-order chi connectivity index (χ1) is 11.8. The van der Waals surface area contributed by atoms with Crippen LogP contribution < -0.4 is 4.74 Å². The molecule has 0 aliphatic carbocycles. The number of esters is 1. The summed E-state index contributed by atoms with van der Waals surface area (Å²) in [6.45, 7) is 0.408. The molecule has 6 nitrogen and oxygen atoms in total. The maximum Gasteiger partial charge on any atom is 0.414 e. The zero-order valence-electron chi connectivity index (χ0n) is 13.3. The molecule has 0 saturated carbocycles. The molecule has 1 aliphatic rings. The van der Waals surface area contributed by atoms with E-state index in [1.807, 2.05) is 0 Å². The highest BCUT2D eigenvalue weighted by atomic mass is 35.5. The van der Waals surface area contributed by atoms with Gasteiger partial charge in [0.1, 0.15) is 0 Å². The summed E-state index contributed by atoms with van der Waals surface area (Å²) < 4.78 is 52.6. The van der Waals surface area contributed by atoms with Crippen molar-refractivity contribution >= 4 is 17.6 Å². The standard InChI is InChI=1S/C15H18ClF3N2O4/c16-12-8-20-9-13(21-12)23-6-1-7-24-14(22)5-3-10-2-4-11(25-10)15(17,18)19/h8-11H,1-7H2/t10-,11+/m1/s1. The van der Waals surface area contributed by atoms with E-state index in [4.69, 9.17) is 25.8 Å². The molecule has 1 aliphatic heterocycles. The van der Waals surface area contributed by atoms with E-state index < -0.39 is 24.4 Å². The largest absolute Gasteiger partial charge is 0.476 e. The second kappa shape index (κ2) is 9.19. The first-order valence-corrected chi connectivity index (χ1v) is 8.20. The molecular weight excluding hydrogens is 365 g/mol. The van der Waals surface area contributed by atoms with E-state index in [0.717, 1.165) is 0 Å². The van der Waals surface area contributed by atoms with Crippen molar-refractivity contribution in [3.63, 3.8) is 0 Å². The Bertz CT molecular complexity index is 574. The Hall–Kier alpha value is -1.61. The van der Waals surface area contributed by atoms with Crippen LogP contribution in [0.1, 0.15) is 32.1 Å². The van der Waals surface area contributed by atoms with E-state index in [1.54, 1.807) is 0 Å². The van der Waals surface area contributed by atoms with Crippen LogP contribution >= 0.6 is 11.6 Å². The van der Waals surface area contributed by atoms with Crippen molar-refractivity contribution in [1.82, 2.24) is 9.97 Å². The Morgan fingerprint density at radius 2 is 2.12 bits per heavy atom. The van der Waals surface area contributed by atoms with Gasteiger partial charge < -0.3 is 14.2 Å². The third kappa shape index (κ3) is 7.03. The lowest BCUT2D eigenvalue weighted by molar-refractivity contribution is -0.215. The van der Waals surface area contributed by atoms with Gasteiger partial charge in [0.15, 0.2) is 11.3 Å². The molecule has 0 amide bonds. The fourth-order valence-electron chi connectivity index (χ4n) is 2.33. The monoisotopic (exact) mass is 382 g/mol. The molecule has 10 heteroatoms. The summed E-state index contributed by atoms with van der Waals surface area (Å²) in [6, 6.07) is 0. The van der Waals surface area contributed by atoms with Gasteiger partial charge in [0.2, 0.25) is 5.88 Å². The molecule has 2 atom stereocenters. The van der Waals surface area contributed by atoms with Crippen LogP contribution in [0.25, 0.3) is 0 Å². The van der Waals surface area contributed by atoms with Crippen LogP contribution in [-0.4, -0.2) is 47.5 Å². The van der Waals surface area contributed by atoms with Gasteiger partial charge in [-0.1, -0.05) is 11.6 Å². The molecule has 0 bridgehead atoms. The van der Waals surface area contributed by atoms with Crippen molar-refractivity contribution in [3.05, 3.63) is 17.5 Å². The Morgan fingerprint density at radius 1 is 1.32 bits per heavy atom. The van der Waals surface area contributed by atoms with E-state index in [0.29, 0.717) is 12.8 Å². The molecule has 140 valence electrons. The molecule has 2 rings (SSSR count). The van der Waals surface area contributed by atoms with Gasteiger partial charge in [-0.05, 0) is 19.3 Å². The summed E-state index contributed by atoms with van der Waals surface area (Å²) in [7, 11) is 0. The first kappa shape index (κ1) is 19.7. The summed E-state index contributed by atoms with van der Waals surface area (Å²) in [6.07, 6.45) is -2.91. The fraction of sp³-hybridized carbons (Fsp3) is 0.667. The van der Waals surface area contributed by atoms with Crippen molar-refractivity contribution in [1.29, 1.82) is 0 Å². The lowest BCUT2D eigenvalue weighted by Gasteiger charge is -2.16. The number of hydrogen-bond donors (Lipinski definition) is 0. The Labute approximate surface area is 147 Å². The molecule has 0 radical (unpaired) electrons. The van der Waals surface area contributed by atoms with E-state index in [2.05, 4.69) is 9.97 Å². The number of carbonyl (C=O) groups is 1. The summed E-state index contributed by atoms with van der Waals surface area (Å²) in [5, 5.41) is 0.214. The normalized spacial score (nSPS) is 20.5. The highest BCUT2D eigenvalue weighted by molar-refractivity contribution is 6.29. The van der Waals surface area contributed by atoms with E-state index >= 15 is 0 Å². The number of rotatable bonds is 8. The Balaban J connectivity index is 1.53. The number of carbonyl (C=O) groups excluding carboxylic acids is 1. The van der Waals surface area contributed by atoms with Gasteiger partial charge >= 0.3 is 12.1 Å². The Morgan fingerprint density at radius 3 is 2.80 bits per heavy atom. The molecule has 0 N–H and O–H groups in total. The van der Waals surface area contributed by atoms with Gasteiger partial charge in [0.05, 0.1) is 31.7 Å². The molecule has 1 aromatic rings. The SMILES string of the molecule is O=C(CC[C@H]1CC[C@@H](C(F)(F)F)O1)OCCCOc1cncc(Cl)n1. The minimum atomic E-state index is -4.34. The third-order valence-corrected chi connectivity index (χ3v) is 3.71. The maximum absolute atomic E-state index is 12.5. The summed E-state index contributed by atoms with van der Waals surface area (Å²) in [5.74, 6) is -0.196. The molecule has 1 saturated heterocycles. The van der Waals surface area contributed by atoms with Crippen LogP contribution in [0.2, 0.25) is 5.15 Å². The second-order valence-electron chi connectivity index (χ2n) is 5.51. The summed E-state index contributed by atoms with van der Waals surface area (Å²) in [4.78, 5) is 19.3. The van der Waals surface area contributed by atoms with Crippen molar-refractivity contribution in [3.8, 4) is 5.88 Å². The number of halogens is 4. The van der Waals surface area contributed by atoms with Crippen LogP contribution in [0.4, 0.5) is 13.2 Å². The Kier molecular flexibility index (Phi) is 7.24. The number of ether oxygens (including phenoxy) is 3. The molecular formula is C15H18ClF3N2O4. The van der Waals surface area contributed by atoms with E-state index in [-0.39, 0.29) is 43.5 Å². The average Bonchev–Trinajstić information content (AvgIpc) is 3.02. The first-order valence-electron chi connectivity index (χ1n) is 7.82. The van der Waals surface area contributed by atoms with Crippen LogP contribution in [0, 0.1) is 0 Å². The smallest absolute Gasteiger partial charge is 0.414 e. The fourth-order valence-corrected chi connectivity index (χ4v) is 2.47. The molecule has 1 fully saturated rings. The molecule has 0 unspecified atom stereocenters. The molecule has 1 aromatic heterocycles. The van der Waals surface area contributed by atoms with Crippen molar-refractivity contribution in [2.24, 2.45) is 0 Å². The van der Waals surface area contributed by atoms with Crippen molar-refractivity contribution in [2.45, 2.75) is 50.5 Å². The van der Waals surface area contributed by atoms with Crippen molar-refractivity contribution < 1.29 is 32.2 Å². The average molecular weight is 383 g/mol. The summed E-state index contributed by atoms with van der Waals surface area (Å²) in [5.41, 5.74) is 0. The molecule has 25 heavy (non-hydrogen) atoms. The van der Waals surface area contributed by atoms with Crippen LogP contribution in [-0.2, 0) is 14.3 Å². The van der Waals surface area contributed by atoms with E-state index in [1.165, 1.54) is 12.4 Å². The maximum atomic E-state index is 12.5. The third-order valence-electron chi connectivity index (χ3n) is 3.53. The lowest BCUT2D eigenvalue weighted by Crippen LogP contribution is -2.28. The minimum Gasteiger partial charge on any atom is -0.476 e. The number of alkyl halides is 3. The van der Waals surface area contributed by atoms with Crippen LogP contribution in [0.5, 0.6) is 5.88 Å². The molecule has 0 spiro atoms. The predicted octanol–water partition coefficient (Wildman–Crippen LogP) is 3.33. The predicted molar refractivity (Wildman–Crippen MR) is 81.3 cm³/mol. The zero-order chi connectivity index (χ0) is 18.3. The van der Waals surface area contributed by atoms with E-state index in [9.17, 15) is 18.0 Å². The summed E-state index contributed by atoms with van der Waals surface area (Å²) >= 11 is 5.65. The van der Waals surface area contributed by atoms with Gasteiger partial charge in [-0.15, -0.1) is 0 Å². The van der Waals surface area contributed by atoms with Gasteiger partial charge in [-0.2, -0.15) is 18.2 Å². The number of nitrogens with zero attached hydrogens (tertiary/aromatic N) is 2. The minimum absolute atomic E-state index is 0.0237. The molecule has 2 heterocycles. The van der Waals surface area contributed by atoms with Gasteiger partial charge in [0, 0.05) is 12.8 Å². The number of aromatic nitrogens is 2. The van der Waals surface area contributed by atoms with Gasteiger partial charge in [0.25, 0.3) is 0 Å². The van der Waals surface area contributed by atoms with Gasteiger partial charge in [-0.25, -0.2) is 0 Å². The zero-order valence-corrected chi connectivity index (χ0v) is 14.1. The number of hydrogen-bond acceptors (Lipinski definition) is 6. The molecule has 0 aromatic carbocycles. The van der Waals surface area contributed by atoms with Crippen molar-refractivity contribution in [2.75, 3.05) is 13.2 Å². The second-order valence-corrected chi connectivity index (χ2v) is 5.89. The topological polar surface area (TPSA) is 70.5 Å². The highest BCUT2D eigenvalue weighted by Gasteiger charge is 2.45.